The Bertz CT molecular complexity index is 653. The number of anilines is 1. The molecule has 1 aliphatic rings. The average Bonchev–Trinajstić information content (AvgIpc) is 2.42. The number of methoxy groups -OCH3 is 1. The maximum atomic E-state index is 14.0. The molecule has 0 radical (unpaired) electrons. The van der Waals surface area contributed by atoms with Crippen molar-refractivity contribution >= 4 is 31.6 Å². The molecule has 0 aliphatic carbocycles. The van der Waals surface area contributed by atoms with Crippen LogP contribution in [0.4, 0.5) is 10.1 Å². The monoisotopic (exact) mass is 380 g/mol. The lowest BCUT2D eigenvalue weighted by Crippen LogP contribution is -2.49. The van der Waals surface area contributed by atoms with Crippen molar-refractivity contribution in [3.63, 3.8) is 0 Å². The van der Waals surface area contributed by atoms with Crippen LogP contribution in [0.1, 0.15) is 19.8 Å². The van der Waals surface area contributed by atoms with Crippen LogP contribution < -0.4 is 5.73 Å². The molecule has 1 fully saturated rings. The number of nitrogens with two attached hydrogens (primary N) is 1. The highest BCUT2D eigenvalue weighted by atomic mass is 79.9. The lowest BCUT2D eigenvalue weighted by Gasteiger charge is -2.38. The molecule has 1 heterocycles. The second kappa shape index (κ2) is 5.83. The van der Waals surface area contributed by atoms with Crippen LogP contribution in [0.2, 0.25) is 0 Å². The van der Waals surface area contributed by atoms with E-state index in [1.807, 2.05) is 6.92 Å². The van der Waals surface area contributed by atoms with Crippen LogP contribution in [0.3, 0.4) is 0 Å². The molecule has 2 rings (SSSR count). The quantitative estimate of drug-likeness (QED) is 0.816. The molecule has 0 saturated carbocycles. The predicted molar refractivity (Wildman–Crippen MR) is 81.9 cm³/mol. The molecule has 1 aromatic rings. The van der Waals surface area contributed by atoms with Gasteiger partial charge in [-0.15, -0.1) is 0 Å². The van der Waals surface area contributed by atoms with Crippen LogP contribution in [0.25, 0.3) is 0 Å². The van der Waals surface area contributed by atoms with Gasteiger partial charge in [0.05, 0.1) is 5.60 Å². The van der Waals surface area contributed by atoms with Crippen molar-refractivity contribution < 1.29 is 17.5 Å². The van der Waals surface area contributed by atoms with Gasteiger partial charge in [0.1, 0.15) is 10.7 Å². The zero-order valence-electron chi connectivity index (χ0n) is 11.9. The van der Waals surface area contributed by atoms with Gasteiger partial charge in [0.15, 0.2) is 0 Å². The third-order valence-electron chi connectivity index (χ3n) is 3.79. The first-order chi connectivity index (χ1) is 9.69. The van der Waals surface area contributed by atoms with Crippen LogP contribution in [0, 0.1) is 5.82 Å². The van der Waals surface area contributed by atoms with Gasteiger partial charge in [-0.25, -0.2) is 12.8 Å². The summed E-state index contributed by atoms with van der Waals surface area (Å²) >= 11 is 3.08. The van der Waals surface area contributed by atoms with Crippen molar-refractivity contribution in [2.24, 2.45) is 0 Å². The van der Waals surface area contributed by atoms with Crippen molar-refractivity contribution in [3.8, 4) is 0 Å². The summed E-state index contributed by atoms with van der Waals surface area (Å²) in [4.78, 5) is -0.399. The molecule has 1 saturated heterocycles. The first-order valence-electron chi connectivity index (χ1n) is 6.49. The molecule has 1 aliphatic heterocycles. The first-order valence-corrected chi connectivity index (χ1v) is 8.73. The molecule has 1 unspecified atom stereocenters. The summed E-state index contributed by atoms with van der Waals surface area (Å²) in [5.74, 6) is -0.819. The van der Waals surface area contributed by atoms with E-state index in [-0.39, 0.29) is 12.2 Å². The molecule has 0 aromatic heterocycles. The number of halogens is 2. The molecule has 2 N–H and O–H groups in total. The Balaban J connectivity index is 2.41. The maximum Gasteiger partial charge on any atom is 0.246 e. The fourth-order valence-corrected chi connectivity index (χ4v) is 4.40. The van der Waals surface area contributed by atoms with E-state index in [4.69, 9.17) is 10.5 Å². The first kappa shape index (κ1) is 16.7. The second-order valence-electron chi connectivity index (χ2n) is 5.40. The molecule has 1 atom stereocenters. The van der Waals surface area contributed by atoms with Gasteiger partial charge < -0.3 is 10.5 Å². The number of sulfonamides is 1. The van der Waals surface area contributed by atoms with Crippen LogP contribution in [0.15, 0.2) is 21.5 Å². The number of benzene rings is 1. The van der Waals surface area contributed by atoms with Gasteiger partial charge in [-0.1, -0.05) is 0 Å². The minimum Gasteiger partial charge on any atom is -0.398 e. The normalized spacial score (nSPS) is 24.2. The minimum atomic E-state index is -3.94. The van der Waals surface area contributed by atoms with E-state index < -0.39 is 26.3 Å². The largest absolute Gasteiger partial charge is 0.398 e. The molecule has 1 aromatic carbocycles. The van der Waals surface area contributed by atoms with Crippen molar-refractivity contribution in [2.75, 3.05) is 25.9 Å². The van der Waals surface area contributed by atoms with E-state index in [1.54, 1.807) is 7.11 Å². The van der Waals surface area contributed by atoms with Gasteiger partial charge in [-0.2, -0.15) is 4.31 Å². The lowest BCUT2D eigenvalue weighted by atomic mass is 9.96. The highest BCUT2D eigenvalue weighted by Crippen LogP contribution is 2.32. The molecule has 21 heavy (non-hydrogen) atoms. The number of ether oxygens (including phenoxy) is 1. The maximum absolute atomic E-state index is 14.0. The van der Waals surface area contributed by atoms with Gasteiger partial charge in [0.2, 0.25) is 10.0 Å². The Morgan fingerprint density at radius 2 is 2.14 bits per heavy atom. The van der Waals surface area contributed by atoms with Crippen molar-refractivity contribution in [1.82, 2.24) is 4.31 Å². The number of hydrogen-bond acceptors (Lipinski definition) is 4. The molecular weight excluding hydrogens is 363 g/mol. The Morgan fingerprint density at radius 3 is 2.76 bits per heavy atom. The number of piperidine rings is 1. The second-order valence-corrected chi connectivity index (χ2v) is 8.16. The number of nitrogen functional groups attached to an aromatic ring is 1. The topological polar surface area (TPSA) is 72.6 Å². The summed E-state index contributed by atoms with van der Waals surface area (Å²) in [5, 5.41) is 0. The summed E-state index contributed by atoms with van der Waals surface area (Å²) in [6, 6.07) is 2.22. The summed E-state index contributed by atoms with van der Waals surface area (Å²) in [6.45, 7) is 2.39. The van der Waals surface area contributed by atoms with E-state index >= 15 is 0 Å². The molecule has 0 bridgehead atoms. The van der Waals surface area contributed by atoms with E-state index in [0.29, 0.717) is 17.4 Å². The highest BCUT2D eigenvalue weighted by Gasteiger charge is 2.38. The van der Waals surface area contributed by atoms with Crippen molar-refractivity contribution in [3.05, 3.63) is 22.4 Å². The molecule has 5 nitrogen and oxygen atoms in total. The predicted octanol–water partition coefficient (Wildman–Crippen LogP) is 2.36. The summed E-state index contributed by atoms with van der Waals surface area (Å²) < 4.78 is 46.3. The molecule has 118 valence electrons. The van der Waals surface area contributed by atoms with Gasteiger partial charge >= 0.3 is 0 Å². The van der Waals surface area contributed by atoms with Crippen molar-refractivity contribution in [2.45, 2.75) is 30.3 Å². The van der Waals surface area contributed by atoms with Gasteiger partial charge in [-0.05, 0) is 47.8 Å². The van der Waals surface area contributed by atoms with E-state index in [1.165, 1.54) is 4.31 Å². The third kappa shape index (κ3) is 3.23. The SMILES string of the molecule is COC1(C)CCCN(S(=O)(=O)c2cc(N)c(Br)cc2F)C1. The Kier molecular flexibility index (Phi) is 4.63. The van der Waals surface area contributed by atoms with Gasteiger partial charge in [0, 0.05) is 30.4 Å². The molecule has 0 amide bonds. The smallest absolute Gasteiger partial charge is 0.246 e. The Labute approximate surface area is 132 Å². The zero-order chi connectivity index (χ0) is 15.8. The summed E-state index contributed by atoms with van der Waals surface area (Å²) in [6.07, 6.45) is 1.43. The highest BCUT2D eigenvalue weighted by molar-refractivity contribution is 9.10. The third-order valence-corrected chi connectivity index (χ3v) is 6.33. The standard InChI is InChI=1S/C13H18BrFN2O3S/c1-13(20-2)4-3-5-17(8-13)21(18,19)12-7-11(16)9(14)6-10(12)15/h6-7H,3-5,8,16H2,1-2H3. The summed E-state index contributed by atoms with van der Waals surface area (Å²) in [5.41, 5.74) is 5.30. The minimum absolute atomic E-state index is 0.182. The van der Waals surface area contributed by atoms with E-state index in [9.17, 15) is 12.8 Å². The van der Waals surface area contributed by atoms with Crippen LogP contribution in [-0.2, 0) is 14.8 Å². The van der Waals surface area contributed by atoms with Crippen LogP contribution in [-0.4, -0.2) is 38.5 Å². The number of nitrogens with zero attached hydrogens (tertiary/aromatic N) is 1. The fraction of sp³-hybridized carbons (Fsp3) is 0.538. The number of rotatable bonds is 3. The van der Waals surface area contributed by atoms with E-state index in [0.717, 1.165) is 18.6 Å². The Morgan fingerprint density at radius 1 is 1.48 bits per heavy atom. The van der Waals surface area contributed by atoms with Gasteiger partial charge in [-0.3, -0.25) is 0 Å². The average molecular weight is 381 g/mol. The fourth-order valence-electron chi connectivity index (χ4n) is 2.41. The molecule has 0 spiro atoms. The van der Waals surface area contributed by atoms with Gasteiger partial charge in [0.25, 0.3) is 0 Å². The summed E-state index contributed by atoms with van der Waals surface area (Å²) in [7, 11) is -2.39. The molecular formula is C13H18BrFN2O3S. The van der Waals surface area contributed by atoms with Crippen LogP contribution in [0.5, 0.6) is 0 Å². The zero-order valence-corrected chi connectivity index (χ0v) is 14.3. The van der Waals surface area contributed by atoms with Crippen molar-refractivity contribution in [1.29, 1.82) is 0 Å². The lowest BCUT2D eigenvalue weighted by molar-refractivity contribution is -0.0319. The number of hydrogen-bond donors (Lipinski definition) is 1. The van der Waals surface area contributed by atoms with E-state index in [2.05, 4.69) is 15.9 Å². The van der Waals surface area contributed by atoms with Crippen LogP contribution >= 0.6 is 15.9 Å². The molecule has 8 heteroatoms. The Hall–Kier alpha value is -0.700.